The highest BCUT2D eigenvalue weighted by Crippen LogP contribution is 2.20. The molecule has 0 aromatic carbocycles. The number of nitrogens with zero attached hydrogens (tertiary/aromatic N) is 3. The predicted molar refractivity (Wildman–Crippen MR) is 90.0 cm³/mol. The number of sulfone groups is 1. The van der Waals surface area contributed by atoms with Gasteiger partial charge in [-0.05, 0) is 38.3 Å². The van der Waals surface area contributed by atoms with Crippen LogP contribution in [-0.2, 0) is 14.6 Å². The van der Waals surface area contributed by atoms with Crippen molar-refractivity contribution in [3.05, 3.63) is 0 Å². The molecule has 3 fully saturated rings. The number of likely N-dealkylation sites (tertiary alicyclic amines) is 1. The zero-order valence-electron chi connectivity index (χ0n) is 14.1. The van der Waals surface area contributed by atoms with Crippen molar-refractivity contribution in [1.29, 1.82) is 0 Å². The molecule has 0 aromatic rings. The number of carbonyl (C=O) groups excluding carboxylic acids is 1. The standard InChI is InChI=1S/C16H29N3O3S/c1-14-2-5-17(6-3-14)12-16(20)19-9-7-18(8-10-19)15-4-11-23(21,22)13-15/h14-15H,2-13H2,1H3. The summed E-state index contributed by atoms with van der Waals surface area (Å²) in [4.78, 5) is 18.9. The molecule has 3 saturated heterocycles. The van der Waals surface area contributed by atoms with Gasteiger partial charge in [-0.25, -0.2) is 8.42 Å². The van der Waals surface area contributed by atoms with Gasteiger partial charge in [-0.2, -0.15) is 0 Å². The Morgan fingerprint density at radius 3 is 2.22 bits per heavy atom. The Kier molecular flexibility index (Phi) is 5.28. The average molecular weight is 343 g/mol. The van der Waals surface area contributed by atoms with Crippen molar-refractivity contribution in [1.82, 2.24) is 14.7 Å². The normalized spacial score (nSPS) is 30.7. The third-order valence-electron chi connectivity index (χ3n) is 5.63. The highest BCUT2D eigenvalue weighted by atomic mass is 32.2. The molecule has 1 atom stereocenters. The summed E-state index contributed by atoms with van der Waals surface area (Å²) in [5.41, 5.74) is 0. The lowest BCUT2D eigenvalue weighted by Crippen LogP contribution is -2.54. The first-order chi connectivity index (χ1) is 10.9. The molecule has 0 radical (unpaired) electrons. The Hall–Kier alpha value is -0.660. The van der Waals surface area contributed by atoms with E-state index in [9.17, 15) is 13.2 Å². The van der Waals surface area contributed by atoms with E-state index in [0.29, 0.717) is 18.1 Å². The van der Waals surface area contributed by atoms with Gasteiger partial charge in [-0.1, -0.05) is 6.92 Å². The Morgan fingerprint density at radius 1 is 1.00 bits per heavy atom. The fraction of sp³-hybridized carbons (Fsp3) is 0.938. The second-order valence-corrected chi connectivity index (χ2v) is 9.66. The minimum absolute atomic E-state index is 0.167. The molecule has 0 saturated carbocycles. The Morgan fingerprint density at radius 2 is 1.65 bits per heavy atom. The zero-order valence-corrected chi connectivity index (χ0v) is 14.9. The van der Waals surface area contributed by atoms with Crippen LogP contribution in [0, 0.1) is 5.92 Å². The van der Waals surface area contributed by atoms with Crippen LogP contribution in [0.1, 0.15) is 26.2 Å². The van der Waals surface area contributed by atoms with Crippen LogP contribution in [0.15, 0.2) is 0 Å². The van der Waals surface area contributed by atoms with Crippen molar-refractivity contribution >= 4 is 15.7 Å². The maximum Gasteiger partial charge on any atom is 0.236 e. The quantitative estimate of drug-likeness (QED) is 0.725. The molecule has 0 N–H and O–H groups in total. The number of piperidine rings is 1. The molecule has 3 rings (SSSR count). The smallest absolute Gasteiger partial charge is 0.236 e. The van der Waals surface area contributed by atoms with E-state index >= 15 is 0 Å². The molecule has 3 aliphatic heterocycles. The van der Waals surface area contributed by atoms with Gasteiger partial charge >= 0.3 is 0 Å². The average Bonchev–Trinajstić information content (AvgIpc) is 2.90. The summed E-state index contributed by atoms with van der Waals surface area (Å²) in [6, 6.07) is 0.167. The summed E-state index contributed by atoms with van der Waals surface area (Å²) in [5.74, 6) is 1.64. The number of hydrogen-bond acceptors (Lipinski definition) is 5. The molecular weight excluding hydrogens is 314 g/mol. The summed E-state index contributed by atoms with van der Waals surface area (Å²) in [6.45, 7) is 7.98. The van der Waals surface area contributed by atoms with Crippen LogP contribution in [-0.4, -0.2) is 92.4 Å². The highest BCUT2D eigenvalue weighted by molar-refractivity contribution is 7.91. The largest absolute Gasteiger partial charge is 0.339 e. The van der Waals surface area contributed by atoms with E-state index in [4.69, 9.17) is 0 Å². The van der Waals surface area contributed by atoms with Crippen LogP contribution in [0.3, 0.4) is 0 Å². The van der Waals surface area contributed by atoms with Crippen molar-refractivity contribution in [3.8, 4) is 0 Å². The van der Waals surface area contributed by atoms with Crippen molar-refractivity contribution in [2.75, 3.05) is 57.3 Å². The van der Waals surface area contributed by atoms with Gasteiger partial charge in [0.15, 0.2) is 9.84 Å². The van der Waals surface area contributed by atoms with Crippen molar-refractivity contribution in [2.45, 2.75) is 32.2 Å². The van der Waals surface area contributed by atoms with E-state index in [1.165, 1.54) is 12.8 Å². The molecule has 1 unspecified atom stereocenters. The monoisotopic (exact) mass is 343 g/mol. The highest BCUT2D eigenvalue weighted by Gasteiger charge is 2.34. The number of hydrogen-bond donors (Lipinski definition) is 0. The molecular formula is C16H29N3O3S. The van der Waals surface area contributed by atoms with Crippen LogP contribution < -0.4 is 0 Å². The van der Waals surface area contributed by atoms with Gasteiger partial charge in [0.1, 0.15) is 0 Å². The summed E-state index contributed by atoms with van der Waals surface area (Å²) in [6.07, 6.45) is 3.14. The minimum Gasteiger partial charge on any atom is -0.339 e. The number of rotatable bonds is 3. The predicted octanol–water partition coefficient (Wildman–Crippen LogP) is 0.0496. The number of carbonyl (C=O) groups is 1. The molecule has 0 aromatic heterocycles. The Bertz CT molecular complexity index is 521. The first kappa shape index (κ1) is 17.2. The lowest BCUT2D eigenvalue weighted by Gasteiger charge is -2.39. The molecule has 3 heterocycles. The number of piperazine rings is 1. The third-order valence-corrected chi connectivity index (χ3v) is 7.38. The summed E-state index contributed by atoms with van der Waals surface area (Å²) < 4.78 is 23.2. The van der Waals surface area contributed by atoms with Gasteiger partial charge in [0.2, 0.25) is 5.91 Å². The third kappa shape index (κ3) is 4.45. The molecule has 6 nitrogen and oxygen atoms in total. The van der Waals surface area contributed by atoms with E-state index in [2.05, 4.69) is 16.7 Å². The van der Waals surface area contributed by atoms with Gasteiger partial charge in [0.05, 0.1) is 18.1 Å². The summed E-state index contributed by atoms with van der Waals surface area (Å²) in [5, 5.41) is 0. The lowest BCUT2D eigenvalue weighted by atomic mass is 9.99. The first-order valence-corrected chi connectivity index (χ1v) is 10.7. The fourth-order valence-corrected chi connectivity index (χ4v) is 5.67. The van der Waals surface area contributed by atoms with Crippen LogP contribution in [0.5, 0.6) is 0 Å². The van der Waals surface area contributed by atoms with Gasteiger partial charge in [0, 0.05) is 32.2 Å². The fourth-order valence-electron chi connectivity index (χ4n) is 3.91. The SMILES string of the molecule is CC1CCN(CC(=O)N2CCN(C3CCS(=O)(=O)C3)CC2)CC1. The molecule has 7 heteroatoms. The summed E-state index contributed by atoms with van der Waals surface area (Å²) in [7, 11) is -2.83. The maximum absolute atomic E-state index is 12.4. The second kappa shape index (κ2) is 7.07. The number of amides is 1. The van der Waals surface area contributed by atoms with Crippen LogP contribution in [0.25, 0.3) is 0 Å². The van der Waals surface area contributed by atoms with E-state index in [0.717, 1.165) is 51.6 Å². The molecule has 0 aliphatic carbocycles. The molecule has 1 amide bonds. The van der Waals surface area contributed by atoms with E-state index in [-0.39, 0.29) is 11.9 Å². The molecule has 0 spiro atoms. The van der Waals surface area contributed by atoms with Gasteiger partial charge in [-0.3, -0.25) is 14.6 Å². The van der Waals surface area contributed by atoms with E-state index in [1.54, 1.807) is 0 Å². The zero-order chi connectivity index (χ0) is 16.4. The van der Waals surface area contributed by atoms with Crippen LogP contribution in [0.2, 0.25) is 0 Å². The Labute approximate surface area is 139 Å². The van der Waals surface area contributed by atoms with Gasteiger partial charge in [-0.15, -0.1) is 0 Å². The van der Waals surface area contributed by atoms with Crippen molar-refractivity contribution in [3.63, 3.8) is 0 Å². The van der Waals surface area contributed by atoms with Crippen molar-refractivity contribution in [2.24, 2.45) is 5.92 Å². The van der Waals surface area contributed by atoms with Crippen LogP contribution >= 0.6 is 0 Å². The molecule has 0 bridgehead atoms. The molecule has 132 valence electrons. The molecule has 23 heavy (non-hydrogen) atoms. The minimum atomic E-state index is -2.83. The van der Waals surface area contributed by atoms with E-state index in [1.807, 2.05) is 4.90 Å². The lowest BCUT2D eigenvalue weighted by molar-refractivity contribution is -0.134. The first-order valence-electron chi connectivity index (χ1n) is 8.87. The van der Waals surface area contributed by atoms with Crippen LogP contribution in [0.4, 0.5) is 0 Å². The molecule has 3 aliphatic rings. The Balaban J connectivity index is 1.42. The summed E-state index contributed by atoms with van der Waals surface area (Å²) >= 11 is 0. The maximum atomic E-state index is 12.4. The topological polar surface area (TPSA) is 60.9 Å². The van der Waals surface area contributed by atoms with Gasteiger partial charge in [0.25, 0.3) is 0 Å². The second-order valence-electron chi connectivity index (χ2n) is 7.43. The van der Waals surface area contributed by atoms with Gasteiger partial charge < -0.3 is 4.90 Å². The van der Waals surface area contributed by atoms with E-state index < -0.39 is 9.84 Å². The van der Waals surface area contributed by atoms with Crippen molar-refractivity contribution < 1.29 is 13.2 Å².